The Balaban J connectivity index is 1.72. The first kappa shape index (κ1) is 22.9. The Kier molecular flexibility index (Phi) is 6.70. The maximum absolute atomic E-state index is 13.6. The number of ether oxygens (including phenoxy) is 1. The second-order valence-electron chi connectivity index (χ2n) is 8.38. The summed E-state index contributed by atoms with van der Waals surface area (Å²) in [6, 6.07) is 23.0. The van der Waals surface area contributed by atoms with Gasteiger partial charge in [0.15, 0.2) is 0 Å². The molecule has 2 amide bonds. The first-order valence-electron chi connectivity index (χ1n) is 11.0. The van der Waals surface area contributed by atoms with Crippen molar-refractivity contribution in [2.45, 2.75) is 39.6 Å². The molecule has 4 rings (SSSR count). The Hall–Kier alpha value is -3.31. The summed E-state index contributed by atoms with van der Waals surface area (Å²) in [4.78, 5) is 28.9. The first-order valence-corrected chi connectivity index (χ1v) is 12.0. The van der Waals surface area contributed by atoms with Crippen molar-refractivity contribution in [3.63, 3.8) is 0 Å². The van der Waals surface area contributed by atoms with Gasteiger partial charge in [0, 0.05) is 5.75 Å². The number of aryl methyl sites for hydroxylation is 2. The van der Waals surface area contributed by atoms with Gasteiger partial charge < -0.3 is 4.74 Å². The molecule has 168 valence electrons. The fraction of sp³-hybridized carbons (Fsp3) is 0.214. The van der Waals surface area contributed by atoms with E-state index in [1.54, 1.807) is 0 Å². The normalized spacial score (nSPS) is 13.9. The lowest BCUT2D eigenvalue weighted by Crippen LogP contribution is -2.31. The zero-order chi connectivity index (χ0) is 23.5. The highest BCUT2D eigenvalue weighted by Gasteiger charge is 2.40. The number of nitrogens with zero attached hydrogens (tertiary/aromatic N) is 1. The molecule has 0 saturated carbocycles. The van der Waals surface area contributed by atoms with E-state index in [2.05, 4.69) is 0 Å². The van der Waals surface area contributed by atoms with E-state index in [-0.39, 0.29) is 17.9 Å². The van der Waals surface area contributed by atoms with Gasteiger partial charge in [0.2, 0.25) is 0 Å². The van der Waals surface area contributed by atoms with E-state index >= 15 is 0 Å². The van der Waals surface area contributed by atoms with Crippen LogP contribution in [0.25, 0.3) is 5.57 Å². The van der Waals surface area contributed by atoms with Gasteiger partial charge in [0.1, 0.15) is 5.75 Å². The fourth-order valence-electron chi connectivity index (χ4n) is 3.70. The molecular formula is C28H27NO3S. The number of anilines is 1. The number of hydrogen-bond donors (Lipinski definition) is 0. The van der Waals surface area contributed by atoms with E-state index in [1.165, 1.54) is 16.7 Å². The molecule has 0 spiro atoms. The van der Waals surface area contributed by atoms with Crippen LogP contribution in [0, 0.1) is 13.8 Å². The minimum absolute atomic E-state index is 0.0574. The second kappa shape index (κ2) is 9.67. The lowest BCUT2D eigenvalue weighted by atomic mass is 10.1. The van der Waals surface area contributed by atoms with Crippen LogP contribution in [0.3, 0.4) is 0 Å². The highest BCUT2D eigenvalue weighted by molar-refractivity contribution is 8.03. The van der Waals surface area contributed by atoms with Crippen LogP contribution in [-0.4, -0.2) is 17.9 Å². The summed E-state index contributed by atoms with van der Waals surface area (Å²) in [6.45, 7) is 7.93. The zero-order valence-electron chi connectivity index (χ0n) is 19.3. The second-order valence-corrected chi connectivity index (χ2v) is 9.37. The first-order chi connectivity index (χ1) is 15.8. The average molecular weight is 458 g/mol. The van der Waals surface area contributed by atoms with E-state index in [0.717, 1.165) is 22.4 Å². The molecule has 5 heteroatoms. The van der Waals surface area contributed by atoms with Crippen molar-refractivity contribution >= 4 is 34.8 Å². The number of rotatable bonds is 7. The lowest BCUT2D eigenvalue weighted by Gasteiger charge is -2.16. The number of amides is 2. The molecule has 3 aromatic rings. The monoisotopic (exact) mass is 457 g/mol. The van der Waals surface area contributed by atoms with Gasteiger partial charge in [-0.25, -0.2) is 4.90 Å². The molecule has 1 aliphatic heterocycles. The van der Waals surface area contributed by atoms with Gasteiger partial charge in [-0.3, -0.25) is 9.59 Å². The van der Waals surface area contributed by atoms with Crippen molar-refractivity contribution in [2.75, 3.05) is 4.90 Å². The minimum Gasteiger partial charge on any atom is -0.491 e. The zero-order valence-corrected chi connectivity index (χ0v) is 20.1. The molecule has 0 radical (unpaired) electrons. The molecule has 0 aliphatic carbocycles. The SMILES string of the molecule is Cc1ccc(N2C(=O)C(SCc3ccccc3)=C(c3ccc(OC(C)C)cc3)C2=O)cc1C. The van der Waals surface area contributed by atoms with Gasteiger partial charge in [-0.05, 0) is 74.2 Å². The maximum atomic E-state index is 13.6. The summed E-state index contributed by atoms with van der Waals surface area (Å²) in [5.41, 5.74) is 5.00. The largest absolute Gasteiger partial charge is 0.491 e. The Labute approximate surface area is 199 Å². The van der Waals surface area contributed by atoms with E-state index in [9.17, 15) is 9.59 Å². The van der Waals surface area contributed by atoms with E-state index < -0.39 is 0 Å². The Morgan fingerprint density at radius 3 is 2.18 bits per heavy atom. The van der Waals surface area contributed by atoms with Crippen LogP contribution in [0.4, 0.5) is 5.69 Å². The third kappa shape index (κ3) is 4.88. The molecule has 0 unspecified atom stereocenters. The van der Waals surface area contributed by atoms with Crippen molar-refractivity contribution in [1.29, 1.82) is 0 Å². The molecule has 0 N–H and O–H groups in total. The van der Waals surface area contributed by atoms with E-state index in [0.29, 0.717) is 27.5 Å². The topological polar surface area (TPSA) is 46.6 Å². The fourth-order valence-corrected chi connectivity index (χ4v) is 4.77. The predicted molar refractivity (Wildman–Crippen MR) is 135 cm³/mol. The summed E-state index contributed by atoms with van der Waals surface area (Å²) >= 11 is 1.41. The lowest BCUT2D eigenvalue weighted by molar-refractivity contribution is -0.119. The smallest absolute Gasteiger partial charge is 0.272 e. The summed E-state index contributed by atoms with van der Waals surface area (Å²) < 4.78 is 5.74. The van der Waals surface area contributed by atoms with Gasteiger partial charge >= 0.3 is 0 Å². The molecular weight excluding hydrogens is 430 g/mol. The Bertz CT molecular complexity index is 1210. The van der Waals surface area contributed by atoms with Gasteiger partial charge in [0.05, 0.1) is 22.3 Å². The van der Waals surface area contributed by atoms with Crippen LogP contribution >= 0.6 is 11.8 Å². The number of carbonyl (C=O) groups is 2. The van der Waals surface area contributed by atoms with Gasteiger partial charge in [-0.15, -0.1) is 11.8 Å². The van der Waals surface area contributed by atoms with Gasteiger partial charge in [0.25, 0.3) is 11.8 Å². The number of thioether (sulfide) groups is 1. The van der Waals surface area contributed by atoms with Crippen LogP contribution in [0.15, 0.2) is 77.7 Å². The van der Waals surface area contributed by atoms with Crippen LogP contribution in [0.5, 0.6) is 5.75 Å². The quantitative estimate of drug-likeness (QED) is 0.390. The molecule has 0 aromatic heterocycles. The van der Waals surface area contributed by atoms with Crippen molar-refractivity contribution < 1.29 is 14.3 Å². The number of carbonyl (C=O) groups excluding carboxylic acids is 2. The molecule has 33 heavy (non-hydrogen) atoms. The average Bonchev–Trinajstić information content (AvgIpc) is 3.04. The van der Waals surface area contributed by atoms with Crippen molar-refractivity contribution in [2.24, 2.45) is 0 Å². The maximum Gasteiger partial charge on any atom is 0.272 e. The molecule has 0 atom stereocenters. The van der Waals surface area contributed by atoms with Crippen LogP contribution in [0.2, 0.25) is 0 Å². The van der Waals surface area contributed by atoms with Crippen LogP contribution in [-0.2, 0) is 15.3 Å². The third-order valence-electron chi connectivity index (χ3n) is 5.53. The molecule has 0 saturated heterocycles. The predicted octanol–water partition coefficient (Wildman–Crippen LogP) is 6.31. The summed E-state index contributed by atoms with van der Waals surface area (Å²) in [7, 11) is 0. The van der Waals surface area contributed by atoms with Gasteiger partial charge in [-0.2, -0.15) is 0 Å². The van der Waals surface area contributed by atoms with Gasteiger partial charge in [-0.1, -0.05) is 48.5 Å². The number of benzene rings is 3. The summed E-state index contributed by atoms with van der Waals surface area (Å²) in [5, 5.41) is 0. The standard InChI is InChI=1S/C28H27NO3S/c1-18(2)32-24-14-11-22(12-15-24)25-26(33-17-21-8-6-5-7-9-21)28(31)29(27(25)30)23-13-10-19(3)20(4)16-23/h5-16,18H,17H2,1-4H3. The number of imide groups is 1. The highest BCUT2D eigenvalue weighted by atomic mass is 32.2. The van der Waals surface area contributed by atoms with E-state index in [1.807, 2.05) is 100 Å². The Morgan fingerprint density at radius 2 is 1.55 bits per heavy atom. The van der Waals surface area contributed by atoms with Crippen LogP contribution < -0.4 is 9.64 Å². The van der Waals surface area contributed by atoms with E-state index in [4.69, 9.17) is 4.74 Å². The molecule has 1 heterocycles. The molecule has 4 nitrogen and oxygen atoms in total. The highest BCUT2D eigenvalue weighted by Crippen LogP contribution is 2.40. The van der Waals surface area contributed by atoms with Crippen molar-refractivity contribution in [3.05, 3.63) is 100.0 Å². The van der Waals surface area contributed by atoms with Crippen molar-refractivity contribution in [1.82, 2.24) is 0 Å². The molecule has 1 aliphatic rings. The summed E-state index contributed by atoms with van der Waals surface area (Å²) in [5.74, 6) is 0.766. The third-order valence-corrected chi connectivity index (χ3v) is 6.68. The van der Waals surface area contributed by atoms with Crippen molar-refractivity contribution in [3.8, 4) is 5.75 Å². The Morgan fingerprint density at radius 1 is 0.848 bits per heavy atom. The number of hydrogen-bond acceptors (Lipinski definition) is 4. The molecule has 3 aromatic carbocycles. The summed E-state index contributed by atoms with van der Waals surface area (Å²) in [6.07, 6.45) is 0.0574. The van der Waals surface area contributed by atoms with Crippen LogP contribution in [0.1, 0.15) is 36.1 Å². The molecule has 0 bridgehead atoms. The molecule has 0 fully saturated rings. The minimum atomic E-state index is -0.295.